The smallest absolute Gasteiger partial charge is 0.410 e. The Morgan fingerprint density at radius 3 is 2.57 bits per heavy atom. The Labute approximate surface area is 221 Å². The molecule has 9 heteroatoms. The first kappa shape index (κ1) is 25.1. The van der Waals surface area contributed by atoms with Crippen LogP contribution in [-0.4, -0.2) is 51.5 Å². The van der Waals surface area contributed by atoms with Crippen LogP contribution in [0.25, 0.3) is 5.69 Å². The molecule has 37 heavy (non-hydrogen) atoms. The van der Waals surface area contributed by atoms with E-state index in [1.165, 1.54) is 0 Å². The first-order valence-electron chi connectivity index (χ1n) is 12.6. The number of aromatic nitrogens is 2. The molecule has 1 saturated heterocycles. The van der Waals surface area contributed by atoms with Gasteiger partial charge < -0.3 is 15.0 Å². The zero-order chi connectivity index (χ0) is 26.2. The van der Waals surface area contributed by atoms with Gasteiger partial charge in [0.2, 0.25) is 0 Å². The summed E-state index contributed by atoms with van der Waals surface area (Å²) in [4.78, 5) is 27.9. The number of carbonyl (C=O) groups is 2. The molecule has 3 aromatic rings. The maximum atomic E-state index is 13.4. The van der Waals surface area contributed by atoms with Gasteiger partial charge >= 0.3 is 12.1 Å². The van der Waals surface area contributed by atoms with E-state index >= 15 is 0 Å². The van der Waals surface area contributed by atoms with E-state index in [4.69, 9.17) is 21.4 Å². The van der Waals surface area contributed by atoms with E-state index in [0.29, 0.717) is 23.9 Å². The molecule has 1 aliphatic carbocycles. The molecule has 3 amide bonds. The van der Waals surface area contributed by atoms with Gasteiger partial charge in [-0.15, -0.1) is 0 Å². The highest BCUT2D eigenvalue weighted by Gasteiger charge is 2.39. The number of hydrogen-bond donors (Lipinski definition) is 2. The third-order valence-electron chi connectivity index (χ3n) is 6.70. The Morgan fingerprint density at radius 2 is 1.84 bits per heavy atom. The van der Waals surface area contributed by atoms with Crippen LogP contribution in [0.5, 0.6) is 0 Å². The van der Waals surface area contributed by atoms with Gasteiger partial charge in [0.25, 0.3) is 0 Å². The molecule has 1 fully saturated rings. The molecular formula is C28H32ClN5O3. The van der Waals surface area contributed by atoms with Crippen LogP contribution in [0.15, 0.2) is 54.6 Å². The van der Waals surface area contributed by atoms with Crippen molar-refractivity contribution in [2.24, 2.45) is 0 Å². The van der Waals surface area contributed by atoms with Crippen LogP contribution in [0.2, 0.25) is 5.02 Å². The minimum absolute atomic E-state index is 0.137. The van der Waals surface area contributed by atoms with Gasteiger partial charge in [-0.1, -0.05) is 41.9 Å². The van der Waals surface area contributed by atoms with Crippen LogP contribution in [-0.2, 0) is 17.6 Å². The summed E-state index contributed by atoms with van der Waals surface area (Å²) < 4.78 is 7.41. The lowest BCUT2D eigenvalue weighted by Gasteiger charge is -2.24. The molecule has 0 spiro atoms. The van der Waals surface area contributed by atoms with Crippen molar-refractivity contribution in [3.63, 3.8) is 0 Å². The summed E-state index contributed by atoms with van der Waals surface area (Å²) in [5.74, 6) is 0.555. The number of fused-ring (bicyclic) bond motifs is 1. The van der Waals surface area contributed by atoms with E-state index in [1.54, 1.807) is 9.58 Å². The van der Waals surface area contributed by atoms with Gasteiger partial charge in [-0.2, -0.15) is 5.10 Å². The fraction of sp³-hybridized carbons (Fsp3) is 0.393. The lowest BCUT2D eigenvalue weighted by atomic mass is 9.94. The van der Waals surface area contributed by atoms with Crippen LogP contribution >= 0.6 is 11.6 Å². The fourth-order valence-electron chi connectivity index (χ4n) is 5.09. The van der Waals surface area contributed by atoms with E-state index in [1.807, 2.05) is 75.4 Å². The number of amides is 3. The Hall–Kier alpha value is -3.52. The molecule has 0 unspecified atom stereocenters. The third kappa shape index (κ3) is 5.59. The third-order valence-corrected chi connectivity index (χ3v) is 6.94. The first-order valence-corrected chi connectivity index (χ1v) is 13.0. The molecule has 8 nitrogen and oxygen atoms in total. The minimum Gasteiger partial charge on any atom is -0.444 e. The number of nitrogens with zero attached hydrogens (tertiary/aromatic N) is 3. The van der Waals surface area contributed by atoms with Gasteiger partial charge in [0.15, 0.2) is 0 Å². The average molecular weight is 522 g/mol. The van der Waals surface area contributed by atoms with Crippen molar-refractivity contribution in [3.05, 3.63) is 76.4 Å². The highest BCUT2D eigenvalue weighted by molar-refractivity contribution is 6.30. The van der Waals surface area contributed by atoms with Crippen LogP contribution < -0.4 is 10.6 Å². The maximum absolute atomic E-state index is 13.4. The van der Waals surface area contributed by atoms with Crippen LogP contribution in [0.3, 0.4) is 0 Å². The molecule has 1 aliphatic heterocycles. The molecule has 2 N–H and O–H groups in total. The quantitative estimate of drug-likeness (QED) is 0.472. The van der Waals surface area contributed by atoms with E-state index in [9.17, 15) is 9.59 Å². The second kappa shape index (κ2) is 10.1. The predicted molar refractivity (Wildman–Crippen MR) is 144 cm³/mol. The summed E-state index contributed by atoms with van der Waals surface area (Å²) in [5.41, 5.74) is 3.34. The molecule has 5 rings (SSSR count). The van der Waals surface area contributed by atoms with Crippen LogP contribution in [0.4, 0.5) is 15.4 Å². The Balaban J connectivity index is 1.38. The molecule has 0 saturated carbocycles. The van der Waals surface area contributed by atoms with Crippen molar-refractivity contribution in [3.8, 4) is 5.69 Å². The lowest BCUT2D eigenvalue weighted by Crippen LogP contribution is -2.43. The zero-order valence-corrected chi connectivity index (χ0v) is 22.1. The summed E-state index contributed by atoms with van der Waals surface area (Å²) in [6, 6.07) is 16.7. The van der Waals surface area contributed by atoms with Crippen LogP contribution in [0.1, 0.15) is 49.9 Å². The Bertz CT molecular complexity index is 1300. The van der Waals surface area contributed by atoms with Crippen molar-refractivity contribution in [1.82, 2.24) is 20.0 Å². The molecular weight excluding hydrogens is 490 g/mol. The Kier molecular flexibility index (Phi) is 6.86. The number of anilines is 1. The van der Waals surface area contributed by atoms with Gasteiger partial charge in [-0.25, -0.2) is 14.3 Å². The SMILES string of the molecule is CC(C)(C)OC(=O)N1C[C@H](NC(=O)Nc2c3c(nn2-c2ccccc2)CCC3)[C@@H](c2cccc(Cl)c2)C1. The van der Waals surface area contributed by atoms with Crippen molar-refractivity contribution in [1.29, 1.82) is 0 Å². The van der Waals surface area contributed by atoms with Crippen molar-refractivity contribution in [2.75, 3.05) is 18.4 Å². The maximum Gasteiger partial charge on any atom is 0.410 e. The number of likely N-dealkylation sites (tertiary alicyclic amines) is 1. The van der Waals surface area contributed by atoms with Gasteiger partial charge in [0.1, 0.15) is 11.4 Å². The summed E-state index contributed by atoms with van der Waals surface area (Å²) >= 11 is 6.27. The van der Waals surface area contributed by atoms with E-state index in [0.717, 1.165) is 41.8 Å². The molecule has 2 aliphatic rings. The Morgan fingerprint density at radius 1 is 1.05 bits per heavy atom. The molecule has 2 atom stereocenters. The summed E-state index contributed by atoms with van der Waals surface area (Å²) in [7, 11) is 0. The normalized spacial score (nSPS) is 19.0. The molecule has 1 aromatic heterocycles. The fourth-order valence-corrected chi connectivity index (χ4v) is 5.29. The number of benzene rings is 2. The number of hydrogen-bond acceptors (Lipinski definition) is 4. The second-order valence-electron chi connectivity index (χ2n) is 10.6. The number of urea groups is 1. The van der Waals surface area contributed by atoms with E-state index in [2.05, 4.69) is 10.6 Å². The number of rotatable bonds is 4. The molecule has 194 valence electrons. The number of para-hydroxylation sites is 1. The summed E-state index contributed by atoms with van der Waals surface area (Å²) in [6.07, 6.45) is 2.40. The number of carbonyl (C=O) groups excluding carboxylic acids is 2. The predicted octanol–water partition coefficient (Wildman–Crippen LogP) is 5.54. The lowest BCUT2D eigenvalue weighted by molar-refractivity contribution is 0.0289. The minimum atomic E-state index is -0.609. The van der Waals surface area contributed by atoms with Crippen LogP contribution in [0, 0.1) is 0 Å². The standard InChI is InChI=1S/C28H32ClN5O3/c1-28(2,3)37-27(36)33-16-22(18-9-7-10-19(29)15-18)24(17-33)30-26(35)31-25-21-13-8-14-23(21)32-34(25)20-11-5-4-6-12-20/h4-7,9-12,15,22,24H,8,13-14,16-17H2,1-3H3,(H2,30,31,35)/t22-,24+/m1/s1. The van der Waals surface area contributed by atoms with Gasteiger partial charge in [-0.05, 0) is 69.9 Å². The topological polar surface area (TPSA) is 88.5 Å². The van der Waals surface area contributed by atoms with Crippen molar-refractivity contribution < 1.29 is 14.3 Å². The molecule has 2 heterocycles. The summed E-state index contributed by atoms with van der Waals surface area (Å²) in [6.45, 7) is 6.26. The molecule has 2 aromatic carbocycles. The highest BCUT2D eigenvalue weighted by Crippen LogP contribution is 2.32. The monoisotopic (exact) mass is 521 g/mol. The largest absolute Gasteiger partial charge is 0.444 e. The van der Waals surface area contributed by atoms with Gasteiger partial charge in [0.05, 0.1) is 17.4 Å². The number of ether oxygens (including phenoxy) is 1. The van der Waals surface area contributed by atoms with Crippen molar-refractivity contribution in [2.45, 2.75) is 57.6 Å². The molecule has 0 bridgehead atoms. The second-order valence-corrected chi connectivity index (χ2v) is 11.1. The molecule has 0 radical (unpaired) electrons. The van der Waals surface area contributed by atoms with Crippen molar-refractivity contribution >= 4 is 29.5 Å². The van der Waals surface area contributed by atoms with Gasteiger partial charge in [0, 0.05) is 29.6 Å². The van der Waals surface area contributed by atoms with E-state index in [-0.39, 0.29) is 18.0 Å². The van der Waals surface area contributed by atoms with Gasteiger partial charge in [-0.3, -0.25) is 5.32 Å². The summed E-state index contributed by atoms with van der Waals surface area (Å²) in [5, 5.41) is 11.6. The highest BCUT2D eigenvalue weighted by atomic mass is 35.5. The number of aryl methyl sites for hydroxylation is 1. The number of nitrogens with one attached hydrogen (secondary N) is 2. The average Bonchev–Trinajstić information content (AvgIpc) is 3.55. The number of halogens is 1. The van der Waals surface area contributed by atoms with E-state index < -0.39 is 11.7 Å². The zero-order valence-electron chi connectivity index (χ0n) is 21.3. The first-order chi connectivity index (χ1) is 17.7.